The van der Waals surface area contributed by atoms with Gasteiger partial charge < -0.3 is 14.5 Å². The molecule has 0 spiro atoms. The molecule has 0 radical (unpaired) electrons. The van der Waals surface area contributed by atoms with Crippen molar-refractivity contribution >= 4 is 17.3 Å². The van der Waals surface area contributed by atoms with E-state index in [1.165, 1.54) is 5.56 Å². The van der Waals surface area contributed by atoms with Gasteiger partial charge in [-0.1, -0.05) is 18.5 Å². The lowest BCUT2D eigenvalue weighted by Gasteiger charge is -2.24. The normalized spacial score (nSPS) is 17.3. The van der Waals surface area contributed by atoms with E-state index in [9.17, 15) is 0 Å². The molecule has 21 heavy (non-hydrogen) atoms. The maximum absolute atomic E-state index is 6.28. The number of anilines is 1. The highest BCUT2D eigenvalue weighted by Gasteiger charge is 2.22. The molecule has 0 saturated carbocycles. The van der Waals surface area contributed by atoms with Gasteiger partial charge in [0.05, 0.1) is 23.9 Å². The molecule has 1 aromatic carbocycles. The number of furan rings is 1. The third-order valence-corrected chi connectivity index (χ3v) is 4.08. The van der Waals surface area contributed by atoms with Crippen LogP contribution in [0.25, 0.3) is 0 Å². The molecule has 1 aromatic heterocycles. The Morgan fingerprint density at radius 3 is 3.10 bits per heavy atom. The summed E-state index contributed by atoms with van der Waals surface area (Å²) in [5.41, 5.74) is 2.28. The Hall–Kier alpha value is -1.61. The van der Waals surface area contributed by atoms with Crippen molar-refractivity contribution in [1.82, 2.24) is 0 Å². The Morgan fingerprint density at radius 1 is 1.38 bits per heavy atom. The standard InChI is InChI=1S/C17H20ClNO2/c1-2-9-20-17-7-6-12(11-14(17)18)19-15-4-3-5-16-13(15)8-10-21-16/h6-8,10-11,15,19H,2-5,9H2,1H3. The van der Waals surface area contributed by atoms with E-state index in [0.29, 0.717) is 17.7 Å². The number of halogens is 1. The lowest BCUT2D eigenvalue weighted by Crippen LogP contribution is -2.15. The van der Waals surface area contributed by atoms with Crippen LogP contribution in [0, 0.1) is 0 Å². The van der Waals surface area contributed by atoms with E-state index in [1.54, 1.807) is 6.26 Å². The second-order valence-electron chi connectivity index (χ2n) is 5.38. The van der Waals surface area contributed by atoms with Crippen LogP contribution in [0.1, 0.15) is 43.6 Å². The van der Waals surface area contributed by atoms with E-state index >= 15 is 0 Å². The van der Waals surface area contributed by atoms with Crippen molar-refractivity contribution in [1.29, 1.82) is 0 Å². The molecular weight excluding hydrogens is 286 g/mol. The van der Waals surface area contributed by atoms with E-state index in [4.69, 9.17) is 20.8 Å². The monoisotopic (exact) mass is 305 g/mol. The SMILES string of the molecule is CCCOc1ccc(NC2CCCc3occc32)cc1Cl. The van der Waals surface area contributed by atoms with E-state index in [2.05, 4.69) is 18.3 Å². The van der Waals surface area contributed by atoms with Crippen LogP contribution in [0.15, 0.2) is 34.9 Å². The van der Waals surface area contributed by atoms with Crippen molar-refractivity contribution < 1.29 is 9.15 Å². The van der Waals surface area contributed by atoms with Crippen molar-refractivity contribution in [2.75, 3.05) is 11.9 Å². The predicted molar refractivity (Wildman–Crippen MR) is 85.2 cm³/mol. The van der Waals surface area contributed by atoms with Crippen molar-refractivity contribution in [2.24, 2.45) is 0 Å². The Morgan fingerprint density at radius 2 is 2.29 bits per heavy atom. The molecule has 0 aliphatic heterocycles. The largest absolute Gasteiger partial charge is 0.492 e. The number of rotatable bonds is 5. The molecule has 0 amide bonds. The zero-order valence-corrected chi connectivity index (χ0v) is 13.0. The Balaban J connectivity index is 1.73. The number of nitrogens with one attached hydrogen (secondary N) is 1. The second-order valence-corrected chi connectivity index (χ2v) is 5.79. The summed E-state index contributed by atoms with van der Waals surface area (Å²) in [5, 5.41) is 4.20. The number of aryl methyl sites for hydroxylation is 1. The van der Waals surface area contributed by atoms with E-state index < -0.39 is 0 Å². The van der Waals surface area contributed by atoms with Gasteiger partial charge in [0.2, 0.25) is 0 Å². The molecule has 1 atom stereocenters. The minimum absolute atomic E-state index is 0.297. The zero-order chi connectivity index (χ0) is 14.7. The molecule has 0 saturated heterocycles. The van der Waals surface area contributed by atoms with Crippen molar-refractivity contribution in [2.45, 2.75) is 38.6 Å². The molecule has 112 valence electrons. The number of fused-ring (bicyclic) bond motifs is 1. The van der Waals surface area contributed by atoms with Crippen LogP contribution in [0.4, 0.5) is 5.69 Å². The summed E-state index contributed by atoms with van der Waals surface area (Å²) in [6.45, 7) is 2.77. The van der Waals surface area contributed by atoms with Gasteiger partial charge in [-0.3, -0.25) is 0 Å². The molecule has 4 heteroatoms. The van der Waals surface area contributed by atoms with Crippen LogP contribution in [0.2, 0.25) is 5.02 Å². The summed E-state index contributed by atoms with van der Waals surface area (Å²) in [4.78, 5) is 0. The molecule has 1 unspecified atom stereocenters. The molecule has 2 aromatic rings. The first kappa shape index (κ1) is 14.3. The minimum Gasteiger partial charge on any atom is -0.492 e. The summed E-state index contributed by atoms with van der Waals surface area (Å²) in [6, 6.07) is 8.24. The van der Waals surface area contributed by atoms with Crippen LogP contribution in [-0.2, 0) is 6.42 Å². The third kappa shape index (κ3) is 3.18. The maximum atomic E-state index is 6.28. The fourth-order valence-electron chi connectivity index (χ4n) is 2.76. The molecule has 3 nitrogen and oxygen atoms in total. The van der Waals surface area contributed by atoms with E-state index in [0.717, 1.165) is 42.9 Å². The fraction of sp³-hybridized carbons (Fsp3) is 0.412. The predicted octanol–water partition coefficient (Wildman–Crippen LogP) is 5.21. The van der Waals surface area contributed by atoms with E-state index in [1.807, 2.05) is 18.2 Å². The van der Waals surface area contributed by atoms with Crippen molar-refractivity contribution in [3.63, 3.8) is 0 Å². The molecule has 3 rings (SSSR count). The Labute approximate surface area is 130 Å². The smallest absolute Gasteiger partial charge is 0.138 e. The average molecular weight is 306 g/mol. The van der Waals surface area contributed by atoms with Crippen molar-refractivity contribution in [3.05, 3.63) is 46.9 Å². The van der Waals surface area contributed by atoms with Gasteiger partial charge in [-0.05, 0) is 43.5 Å². The summed E-state index contributed by atoms with van der Waals surface area (Å²) >= 11 is 6.28. The zero-order valence-electron chi connectivity index (χ0n) is 12.2. The van der Waals surface area contributed by atoms with Crippen LogP contribution in [-0.4, -0.2) is 6.61 Å². The molecular formula is C17H20ClNO2. The quantitative estimate of drug-likeness (QED) is 0.823. The summed E-state index contributed by atoms with van der Waals surface area (Å²) < 4.78 is 11.1. The average Bonchev–Trinajstić information content (AvgIpc) is 2.96. The van der Waals surface area contributed by atoms with Crippen LogP contribution < -0.4 is 10.1 Å². The first-order valence-electron chi connectivity index (χ1n) is 7.53. The fourth-order valence-corrected chi connectivity index (χ4v) is 2.99. The second kappa shape index (κ2) is 6.44. The van der Waals surface area contributed by atoms with Gasteiger partial charge in [-0.15, -0.1) is 0 Å². The molecule has 0 fully saturated rings. The van der Waals surface area contributed by atoms with Gasteiger partial charge in [0, 0.05) is 17.7 Å². The minimum atomic E-state index is 0.297. The van der Waals surface area contributed by atoms with Crippen molar-refractivity contribution in [3.8, 4) is 5.75 Å². The summed E-state index contributed by atoms with van der Waals surface area (Å²) in [6.07, 6.45) is 6.04. The van der Waals surface area contributed by atoms with Crippen LogP contribution in [0.3, 0.4) is 0 Å². The summed E-state index contributed by atoms with van der Waals surface area (Å²) in [7, 11) is 0. The lowest BCUT2D eigenvalue weighted by atomic mass is 9.93. The molecule has 0 bridgehead atoms. The molecule has 1 heterocycles. The number of benzene rings is 1. The van der Waals surface area contributed by atoms with Gasteiger partial charge in [0.15, 0.2) is 0 Å². The molecule has 1 aliphatic carbocycles. The first-order valence-corrected chi connectivity index (χ1v) is 7.91. The molecule has 1 aliphatic rings. The van der Waals surface area contributed by atoms with Gasteiger partial charge in [-0.25, -0.2) is 0 Å². The highest BCUT2D eigenvalue weighted by atomic mass is 35.5. The van der Waals surface area contributed by atoms with Gasteiger partial charge in [-0.2, -0.15) is 0 Å². The molecule has 1 N–H and O–H groups in total. The third-order valence-electron chi connectivity index (χ3n) is 3.79. The number of ether oxygens (including phenoxy) is 1. The number of hydrogen-bond acceptors (Lipinski definition) is 3. The van der Waals surface area contributed by atoms with E-state index in [-0.39, 0.29) is 0 Å². The van der Waals surface area contributed by atoms with Gasteiger partial charge in [0.25, 0.3) is 0 Å². The van der Waals surface area contributed by atoms with Gasteiger partial charge >= 0.3 is 0 Å². The topological polar surface area (TPSA) is 34.4 Å². The van der Waals surface area contributed by atoms with Crippen LogP contribution in [0.5, 0.6) is 5.75 Å². The Kier molecular flexibility index (Phi) is 4.39. The Bertz CT molecular complexity index is 609. The highest BCUT2D eigenvalue weighted by molar-refractivity contribution is 6.32. The summed E-state index contributed by atoms with van der Waals surface area (Å²) in [5.74, 6) is 1.85. The number of hydrogen-bond donors (Lipinski definition) is 1. The highest BCUT2D eigenvalue weighted by Crippen LogP contribution is 2.35. The lowest BCUT2D eigenvalue weighted by molar-refractivity contribution is 0.317. The van der Waals surface area contributed by atoms with Gasteiger partial charge in [0.1, 0.15) is 11.5 Å². The maximum Gasteiger partial charge on any atom is 0.138 e. The first-order chi connectivity index (χ1) is 10.3. The van der Waals surface area contributed by atoms with Crippen LogP contribution >= 0.6 is 11.6 Å².